The lowest BCUT2D eigenvalue weighted by Crippen LogP contribution is -2.45. The Bertz CT molecular complexity index is 1400. The van der Waals surface area contributed by atoms with Crippen LogP contribution >= 0.6 is 23.2 Å². The highest BCUT2D eigenvalue weighted by Crippen LogP contribution is 2.35. The molecule has 3 aromatic heterocycles. The standard InChI is InChI=1S/C29H30Cl2N6O/c30-21-14-32-15-22(31)27(21)29(38)36-13-5-6-19(16-36)17-37(18-26-34-23-9-1-2-10-24(23)35-26)25-11-3-7-20-8-4-12-33-28(20)25/h1-2,4,8-10,12,14-15,19,25H,3,5-7,11,13,16-18H2,(H,34,35). The van der Waals surface area contributed by atoms with Crippen molar-refractivity contribution in [2.75, 3.05) is 19.6 Å². The first-order valence-corrected chi connectivity index (χ1v) is 14.0. The summed E-state index contributed by atoms with van der Waals surface area (Å²) in [4.78, 5) is 35.1. The number of aromatic nitrogens is 4. The number of likely N-dealkylation sites (tertiary alicyclic amines) is 1. The molecule has 1 N–H and O–H groups in total. The van der Waals surface area contributed by atoms with Crippen molar-refractivity contribution in [3.8, 4) is 0 Å². The number of carbonyl (C=O) groups excluding carboxylic acids is 1. The molecule has 0 spiro atoms. The Kier molecular flexibility index (Phi) is 7.32. The summed E-state index contributed by atoms with van der Waals surface area (Å²) in [5.74, 6) is 1.14. The van der Waals surface area contributed by atoms with Crippen LogP contribution < -0.4 is 0 Å². The molecule has 9 heteroatoms. The Balaban J connectivity index is 1.26. The highest BCUT2D eigenvalue weighted by Gasteiger charge is 2.33. The largest absolute Gasteiger partial charge is 0.341 e. The number of halogens is 2. The van der Waals surface area contributed by atoms with E-state index in [2.05, 4.69) is 27.0 Å². The second kappa shape index (κ2) is 11.0. The lowest BCUT2D eigenvalue weighted by atomic mass is 9.89. The van der Waals surface area contributed by atoms with Gasteiger partial charge in [0.2, 0.25) is 0 Å². The molecule has 6 rings (SSSR count). The SMILES string of the molecule is O=C(c1c(Cl)cncc1Cl)N1CCCC(CN(Cc2nc3ccccc3[nH]2)C2CCCc3cccnc32)C1. The van der Waals surface area contributed by atoms with Crippen LogP contribution in [0.15, 0.2) is 55.0 Å². The summed E-state index contributed by atoms with van der Waals surface area (Å²) in [6, 6.07) is 12.6. The fourth-order valence-corrected chi connectivity index (χ4v) is 6.55. The summed E-state index contributed by atoms with van der Waals surface area (Å²) in [6.07, 6.45) is 10.1. The molecular weight excluding hydrogens is 519 g/mol. The van der Waals surface area contributed by atoms with Crippen molar-refractivity contribution in [2.45, 2.75) is 44.7 Å². The van der Waals surface area contributed by atoms with Crippen LogP contribution in [0.25, 0.3) is 11.0 Å². The fourth-order valence-electron chi connectivity index (χ4n) is 6.02. The van der Waals surface area contributed by atoms with Gasteiger partial charge >= 0.3 is 0 Å². The second-order valence-corrected chi connectivity index (χ2v) is 11.1. The molecule has 38 heavy (non-hydrogen) atoms. The van der Waals surface area contributed by atoms with Gasteiger partial charge in [0.25, 0.3) is 5.91 Å². The molecule has 0 saturated carbocycles. The zero-order chi connectivity index (χ0) is 26.1. The molecule has 7 nitrogen and oxygen atoms in total. The minimum absolute atomic E-state index is 0.124. The van der Waals surface area contributed by atoms with Crippen LogP contribution in [-0.4, -0.2) is 55.3 Å². The Hall–Kier alpha value is -3.00. The number of aryl methyl sites for hydroxylation is 1. The summed E-state index contributed by atoms with van der Waals surface area (Å²) in [5.41, 5.74) is 4.87. The summed E-state index contributed by atoms with van der Waals surface area (Å²) in [6.45, 7) is 2.90. The number of carbonyl (C=O) groups is 1. The van der Waals surface area contributed by atoms with Crippen molar-refractivity contribution in [1.82, 2.24) is 29.7 Å². The number of fused-ring (bicyclic) bond motifs is 2. The predicted octanol–water partition coefficient (Wildman–Crippen LogP) is 6.09. The quantitative estimate of drug-likeness (QED) is 0.315. The summed E-state index contributed by atoms with van der Waals surface area (Å²) >= 11 is 12.6. The van der Waals surface area contributed by atoms with E-state index in [-0.39, 0.29) is 11.9 Å². The predicted molar refractivity (Wildman–Crippen MR) is 149 cm³/mol. The van der Waals surface area contributed by atoms with Crippen molar-refractivity contribution < 1.29 is 4.79 Å². The van der Waals surface area contributed by atoms with Gasteiger partial charge in [-0.2, -0.15) is 0 Å². The number of rotatable bonds is 6. The maximum atomic E-state index is 13.4. The molecule has 2 aliphatic rings. The van der Waals surface area contributed by atoms with Gasteiger partial charge in [0.15, 0.2) is 0 Å². The molecule has 2 unspecified atom stereocenters. The average Bonchev–Trinajstić information content (AvgIpc) is 3.35. The molecule has 196 valence electrons. The van der Waals surface area contributed by atoms with Crippen molar-refractivity contribution in [3.05, 3.63) is 87.7 Å². The molecule has 0 radical (unpaired) electrons. The Morgan fingerprint density at radius 1 is 1.08 bits per heavy atom. The number of piperidine rings is 1. The highest BCUT2D eigenvalue weighted by atomic mass is 35.5. The van der Waals surface area contributed by atoms with E-state index in [1.807, 2.05) is 35.4 Å². The van der Waals surface area contributed by atoms with Crippen LogP contribution in [0.1, 0.15) is 59.2 Å². The third kappa shape index (κ3) is 5.15. The minimum Gasteiger partial charge on any atom is -0.341 e. The number of pyridine rings is 2. The van der Waals surface area contributed by atoms with Crippen molar-refractivity contribution >= 4 is 40.1 Å². The Morgan fingerprint density at radius 3 is 2.76 bits per heavy atom. The van der Waals surface area contributed by atoms with Gasteiger partial charge in [0.1, 0.15) is 5.82 Å². The number of para-hydroxylation sites is 2. The first-order chi connectivity index (χ1) is 18.6. The molecule has 1 aliphatic carbocycles. The molecule has 0 bridgehead atoms. The highest BCUT2D eigenvalue weighted by molar-refractivity contribution is 6.39. The maximum absolute atomic E-state index is 13.4. The number of hydrogen-bond acceptors (Lipinski definition) is 5. The van der Waals surface area contributed by atoms with Gasteiger partial charge in [0, 0.05) is 38.2 Å². The summed E-state index contributed by atoms with van der Waals surface area (Å²) in [5, 5.41) is 0.585. The van der Waals surface area contributed by atoms with Crippen molar-refractivity contribution in [1.29, 1.82) is 0 Å². The van der Waals surface area contributed by atoms with E-state index < -0.39 is 0 Å². The number of hydrogen-bond donors (Lipinski definition) is 1. The number of imidazole rings is 1. The van der Waals surface area contributed by atoms with Gasteiger partial charge in [-0.25, -0.2) is 4.98 Å². The number of H-pyrrole nitrogens is 1. The normalized spacial score (nSPS) is 19.6. The summed E-state index contributed by atoms with van der Waals surface area (Å²) < 4.78 is 0. The van der Waals surface area contributed by atoms with E-state index in [1.165, 1.54) is 23.7 Å². The van der Waals surface area contributed by atoms with E-state index in [0.717, 1.165) is 55.5 Å². The third-order valence-electron chi connectivity index (χ3n) is 7.76. The van der Waals surface area contributed by atoms with E-state index in [4.69, 9.17) is 33.2 Å². The molecule has 1 aromatic carbocycles. The maximum Gasteiger partial charge on any atom is 0.257 e. The molecule has 4 aromatic rings. The van der Waals surface area contributed by atoms with Crippen LogP contribution in [0.5, 0.6) is 0 Å². The van der Waals surface area contributed by atoms with Gasteiger partial charge in [0.05, 0.1) is 44.9 Å². The minimum atomic E-state index is -0.124. The number of amides is 1. The first-order valence-electron chi connectivity index (χ1n) is 13.3. The zero-order valence-electron chi connectivity index (χ0n) is 21.1. The van der Waals surface area contributed by atoms with Crippen molar-refractivity contribution in [2.24, 2.45) is 5.92 Å². The summed E-state index contributed by atoms with van der Waals surface area (Å²) in [7, 11) is 0. The molecular formula is C29H30Cl2N6O. The third-order valence-corrected chi connectivity index (χ3v) is 8.34. The number of benzene rings is 1. The van der Waals surface area contributed by atoms with E-state index >= 15 is 0 Å². The molecule has 1 amide bonds. The topological polar surface area (TPSA) is 78.0 Å². The van der Waals surface area contributed by atoms with Crippen LogP contribution in [0.3, 0.4) is 0 Å². The number of aromatic amines is 1. The van der Waals surface area contributed by atoms with E-state index in [1.54, 1.807) is 0 Å². The van der Waals surface area contributed by atoms with Gasteiger partial charge < -0.3 is 9.88 Å². The van der Waals surface area contributed by atoms with Gasteiger partial charge in [-0.1, -0.05) is 41.4 Å². The molecule has 2 atom stereocenters. The fraction of sp³-hybridized carbons (Fsp3) is 0.379. The molecule has 1 fully saturated rings. The van der Waals surface area contributed by atoms with E-state index in [0.29, 0.717) is 41.2 Å². The van der Waals surface area contributed by atoms with Crippen molar-refractivity contribution in [3.63, 3.8) is 0 Å². The average molecular weight is 550 g/mol. The number of nitrogens with one attached hydrogen (secondary N) is 1. The molecule has 1 saturated heterocycles. The lowest BCUT2D eigenvalue weighted by Gasteiger charge is -2.40. The van der Waals surface area contributed by atoms with Crippen LogP contribution in [-0.2, 0) is 13.0 Å². The zero-order valence-corrected chi connectivity index (χ0v) is 22.6. The molecule has 4 heterocycles. The Morgan fingerprint density at radius 2 is 1.92 bits per heavy atom. The lowest BCUT2D eigenvalue weighted by molar-refractivity contribution is 0.0589. The van der Waals surface area contributed by atoms with E-state index in [9.17, 15) is 4.79 Å². The number of nitrogens with zero attached hydrogens (tertiary/aromatic N) is 5. The van der Waals surface area contributed by atoms with Crippen LogP contribution in [0.2, 0.25) is 10.0 Å². The first kappa shape index (κ1) is 25.3. The van der Waals surface area contributed by atoms with Gasteiger partial charge in [-0.3, -0.25) is 19.7 Å². The van der Waals surface area contributed by atoms with Gasteiger partial charge in [-0.15, -0.1) is 0 Å². The second-order valence-electron chi connectivity index (χ2n) is 10.3. The van der Waals surface area contributed by atoms with Crippen LogP contribution in [0, 0.1) is 5.92 Å². The smallest absolute Gasteiger partial charge is 0.257 e. The Labute approximate surface area is 232 Å². The van der Waals surface area contributed by atoms with Gasteiger partial charge in [-0.05, 0) is 61.8 Å². The molecule has 1 aliphatic heterocycles. The van der Waals surface area contributed by atoms with Crippen LogP contribution in [0.4, 0.5) is 0 Å². The monoisotopic (exact) mass is 548 g/mol.